The first-order valence-corrected chi connectivity index (χ1v) is 10.8. The molecule has 0 fully saturated rings. The number of anilines is 1. The van der Waals surface area contributed by atoms with E-state index in [0.29, 0.717) is 12.0 Å². The van der Waals surface area contributed by atoms with Crippen LogP contribution in [0, 0.1) is 12.8 Å². The van der Waals surface area contributed by atoms with Crippen LogP contribution >= 0.6 is 0 Å². The summed E-state index contributed by atoms with van der Waals surface area (Å²) in [5, 5.41) is 4.04. The second kappa shape index (κ2) is 9.18. The fourth-order valence-corrected chi connectivity index (χ4v) is 3.68. The Balaban J connectivity index is 1.49. The topological polar surface area (TPSA) is 64.0 Å². The highest BCUT2D eigenvalue weighted by Crippen LogP contribution is 2.25. The van der Waals surface area contributed by atoms with Crippen LogP contribution in [0.2, 0.25) is 0 Å². The first-order chi connectivity index (χ1) is 15.4. The third-order valence-electron chi connectivity index (χ3n) is 5.68. The lowest BCUT2D eigenvalue weighted by Crippen LogP contribution is -2.14. The van der Waals surface area contributed by atoms with E-state index in [4.69, 9.17) is 0 Å². The Morgan fingerprint density at radius 3 is 2.41 bits per heavy atom. The van der Waals surface area contributed by atoms with E-state index >= 15 is 0 Å². The van der Waals surface area contributed by atoms with E-state index in [1.54, 1.807) is 12.1 Å². The summed E-state index contributed by atoms with van der Waals surface area (Å²) in [6.45, 7) is 6.53. The molecule has 0 saturated heterocycles. The van der Waals surface area contributed by atoms with Gasteiger partial charge in [-0.2, -0.15) is 0 Å². The van der Waals surface area contributed by atoms with Gasteiger partial charge < -0.3 is 9.88 Å². The number of nitrogens with zero attached hydrogens (tertiary/aromatic N) is 2. The second-order valence-electron chi connectivity index (χ2n) is 8.46. The third kappa shape index (κ3) is 4.78. The number of carbonyl (C=O) groups excluding carboxylic acids is 2. The molecule has 4 aromatic rings. The summed E-state index contributed by atoms with van der Waals surface area (Å²) >= 11 is 0. The Bertz CT molecular complexity index is 1260. The van der Waals surface area contributed by atoms with Crippen LogP contribution in [-0.2, 0) is 17.8 Å². The summed E-state index contributed by atoms with van der Waals surface area (Å²) in [7, 11) is 0. The maximum atomic E-state index is 12.8. The Kier molecular flexibility index (Phi) is 6.17. The Hall–Kier alpha value is -3.73. The van der Waals surface area contributed by atoms with Crippen molar-refractivity contribution in [1.29, 1.82) is 0 Å². The standard InChI is InChI=1S/C27H27N3O2/c1-18(2)25(31)15-20-6-8-22(9-7-20)27(32)29-24-11-10-23-14-21(16-28-26(23)19(24)3)17-30-12-4-5-13-30/h4-14,16,18H,15,17H2,1-3H3,(H,29,32). The van der Waals surface area contributed by atoms with Crippen molar-refractivity contribution in [2.75, 3.05) is 5.32 Å². The van der Waals surface area contributed by atoms with Crippen LogP contribution in [-0.4, -0.2) is 21.2 Å². The van der Waals surface area contributed by atoms with Crippen molar-refractivity contribution in [2.45, 2.75) is 33.7 Å². The number of pyridine rings is 1. The Morgan fingerprint density at radius 1 is 1.00 bits per heavy atom. The van der Waals surface area contributed by atoms with E-state index in [1.165, 1.54) is 0 Å². The van der Waals surface area contributed by atoms with Gasteiger partial charge in [0, 0.05) is 54.1 Å². The highest BCUT2D eigenvalue weighted by atomic mass is 16.1. The predicted octanol–water partition coefficient (Wildman–Crippen LogP) is 5.41. The van der Waals surface area contributed by atoms with Crippen molar-refractivity contribution >= 4 is 28.3 Å². The molecule has 2 heterocycles. The molecule has 162 valence electrons. The lowest BCUT2D eigenvalue weighted by atomic mass is 10.00. The quantitative estimate of drug-likeness (QED) is 0.430. The number of amides is 1. The molecule has 2 aromatic carbocycles. The number of ketones is 1. The van der Waals surface area contributed by atoms with E-state index in [9.17, 15) is 9.59 Å². The molecule has 2 aromatic heterocycles. The molecule has 0 saturated carbocycles. The molecule has 4 rings (SSSR count). The fourth-order valence-electron chi connectivity index (χ4n) is 3.68. The zero-order valence-electron chi connectivity index (χ0n) is 18.6. The molecule has 0 aliphatic heterocycles. The largest absolute Gasteiger partial charge is 0.350 e. The number of nitrogens with one attached hydrogen (secondary N) is 1. The first-order valence-electron chi connectivity index (χ1n) is 10.8. The summed E-state index contributed by atoms with van der Waals surface area (Å²) in [5.41, 5.74) is 5.15. The van der Waals surface area contributed by atoms with Gasteiger partial charge in [-0.1, -0.05) is 32.0 Å². The second-order valence-corrected chi connectivity index (χ2v) is 8.46. The predicted molar refractivity (Wildman–Crippen MR) is 128 cm³/mol. The molecular formula is C27H27N3O2. The zero-order chi connectivity index (χ0) is 22.7. The first kappa shape index (κ1) is 21.5. The average molecular weight is 426 g/mol. The van der Waals surface area contributed by atoms with Crippen LogP contribution in [0.1, 0.15) is 40.9 Å². The van der Waals surface area contributed by atoms with Crippen LogP contribution in [0.15, 0.2) is 73.2 Å². The summed E-state index contributed by atoms with van der Waals surface area (Å²) in [5.74, 6) is 0.0175. The molecule has 32 heavy (non-hydrogen) atoms. The van der Waals surface area contributed by atoms with Crippen LogP contribution in [0.4, 0.5) is 5.69 Å². The van der Waals surface area contributed by atoms with E-state index in [2.05, 4.69) is 20.9 Å². The van der Waals surface area contributed by atoms with Gasteiger partial charge >= 0.3 is 0 Å². The Labute approximate surface area is 188 Å². The van der Waals surface area contributed by atoms with Crippen molar-refractivity contribution < 1.29 is 9.59 Å². The normalized spacial score (nSPS) is 11.1. The van der Waals surface area contributed by atoms with Gasteiger partial charge in [0.05, 0.1) is 5.52 Å². The number of hydrogen-bond donors (Lipinski definition) is 1. The fraction of sp³-hybridized carbons (Fsp3) is 0.222. The number of aryl methyl sites for hydroxylation is 1. The van der Waals surface area contributed by atoms with E-state index in [-0.39, 0.29) is 17.6 Å². The van der Waals surface area contributed by atoms with Gasteiger partial charge in [-0.3, -0.25) is 14.6 Å². The summed E-state index contributed by atoms with van der Waals surface area (Å²) < 4.78 is 2.11. The lowest BCUT2D eigenvalue weighted by Gasteiger charge is -2.12. The molecule has 0 aliphatic rings. The average Bonchev–Trinajstić information content (AvgIpc) is 3.29. The maximum absolute atomic E-state index is 12.8. The molecular weight excluding hydrogens is 398 g/mol. The van der Waals surface area contributed by atoms with Gasteiger partial charge in [0.25, 0.3) is 5.91 Å². The molecule has 0 unspecified atom stereocenters. The minimum absolute atomic E-state index is 0.00688. The van der Waals surface area contributed by atoms with Crippen LogP contribution in [0.3, 0.4) is 0 Å². The number of hydrogen-bond acceptors (Lipinski definition) is 3. The van der Waals surface area contributed by atoms with Gasteiger partial charge in [-0.25, -0.2) is 0 Å². The molecule has 1 N–H and O–H groups in total. The number of aromatic nitrogens is 2. The summed E-state index contributed by atoms with van der Waals surface area (Å²) in [4.78, 5) is 29.4. The van der Waals surface area contributed by atoms with Crippen LogP contribution in [0.25, 0.3) is 10.9 Å². The number of carbonyl (C=O) groups is 2. The SMILES string of the molecule is Cc1c(NC(=O)c2ccc(CC(=O)C(C)C)cc2)ccc2cc(Cn3cccc3)cnc12. The molecule has 1 amide bonds. The molecule has 5 nitrogen and oxygen atoms in total. The molecule has 0 aliphatic carbocycles. The molecule has 5 heteroatoms. The lowest BCUT2D eigenvalue weighted by molar-refractivity contribution is -0.121. The number of rotatable bonds is 7. The molecule has 0 bridgehead atoms. The number of benzene rings is 2. The number of fused-ring (bicyclic) bond motifs is 1. The number of Topliss-reactive ketones (excluding diaryl/α,β-unsaturated/α-hetero) is 1. The minimum atomic E-state index is -0.182. The molecule has 0 spiro atoms. The van der Waals surface area contributed by atoms with Crippen molar-refractivity contribution in [2.24, 2.45) is 5.92 Å². The van der Waals surface area contributed by atoms with Gasteiger partial charge in [-0.05, 0) is 60.0 Å². The van der Waals surface area contributed by atoms with Gasteiger partial charge in [0.1, 0.15) is 5.78 Å². The van der Waals surface area contributed by atoms with E-state index in [0.717, 1.165) is 39.8 Å². The summed E-state index contributed by atoms with van der Waals surface area (Å²) in [6, 6.07) is 17.3. The van der Waals surface area contributed by atoms with Crippen molar-refractivity contribution in [3.8, 4) is 0 Å². The van der Waals surface area contributed by atoms with Crippen molar-refractivity contribution in [3.05, 3.63) is 95.4 Å². The highest BCUT2D eigenvalue weighted by molar-refractivity contribution is 6.06. The van der Waals surface area contributed by atoms with E-state index < -0.39 is 0 Å². The monoisotopic (exact) mass is 425 g/mol. The minimum Gasteiger partial charge on any atom is -0.350 e. The smallest absolute Gasteiger partial charge is 0.255 e. The molecule has 0 atom stereocenters. The Morgan fingerprint density at radius 2 is 1.72 bits per heavy atom. The van der Waals surface area contributed by atoms with Gasteiger partial charge in [-0.15, -0.1) is 0 Å². The van der Waals surface area contributed by atoms with Crippen LogP contribution in [0.5, 0.6) is 0 Å². The molecule has 0 radical (unpaired) electrons. The summed E-state index contributed by atoms with van der Waals surface area (Å²) in [6.07, 6.45) is 6.34. The van der Waals surface area contributed by atoms with Gasteiger partial charge in [0.2, 0.25) is 0 Å². The van der Waals surface area contributed by atoms with E-state index in [1.807, 2.05) is 75.8 Å². The highest BCUT2D eigenvalue weighted by Gasteiger charge is 2.12. The van der Waals surface area contributed by atoms with Crippen LogP contribution < -0.4 is 5.32 Å². The third-order valence-corrected chi connectivity index (χ3v) is 5.68. The van der Waals surface area contributed by atoms with Crippen molar-refractivity contribution in [1.82, 2.24) is 9.55 Å². The maximum Gasteiger partial charge on any atom is 0.255 e. The van der Waals surface area contributed by atoms with Crippen molar-refractivity contribution in [3.63, 3.8) is 0 Å². The zero-order valence-corrected chi connectivity index (χ0v) is 18.6. The van der Waals surface area contributed by atoms with Gasteiger partial charge in [0.15, 0.2) is 0 Å².